The van der Waals surface area contributed by atoms with Crippen LogP contribution in [0.2, 0.25) is 0 Å². The Labute approximate surface area is 157 Å². The Hall–Kier alpha value is -2.00. The molecule has 1 unspecified atom stereocenters. The van der Waals surface area contributed by atoms with Crippen molar-refractivity contribution >= 4 is 26.8 Å². The van der Waals surface area contributed by atoms with E-state index in [1.165, 1.54) is 0 Å². The summed E-state index contributed by atoms with van der Waals surface area (Å²) in [6.45, 7) is 2.16. The van der Waals surface area contributed by atoms with E-state index in [1.54, 1.807) is 6.20 Å². The fraction of sp³-hybridized carbons (Fsp3) is 0.611. The lowest BCUT2D eigenvalue weighted by Gasteiger charge is -2.27. The number of hydrogen-bond acceptors (Lipinski definition) is 5. The first-order chi connectivity index (χ1) is 13.1. The molecular formula is C18H24N6O2S. The number of nitrogens with one attached hydrogen (secondary N) is 2. The molecule has 144 valence electrons. The minimum atomic E-state index is -3.21. The molecule has 0 radical (unpaired) electrons. The van der Waals surface area contributed by atoms with Gasteiger partial charge in [-0.2, -0.15) is 0 Å². The van der Waals surface area contributed by atoms with Gasteiger partial charge in [-0.1, -0.05) is 19.8 Å². The average molecular weight is 388 g/mol. The van der Waals surface area contributed by atoms with Crippen LogP contribution in [0.3, 0.4) is 0 Å². The first kappa shape index (κ1) is 17.1. The van der Waals surface area contributed by atoms with Gasteiger partial charge in [0.2, 0.25) is 10.0 Å². The predicted octanol–water partition coefficient (Wildman–Crippen LogP) is 2.35. The number of hydrogen-bond donors (Lipinski definition) is 2. The zero-order chi connectivity index (χ0) is 18.6. The van der Waals surface area contributed by atoms with E-state index in [1.807, 2.05) is 12.3 Å². The van der Waals surface area contributed by atoms with Crippen molar-refractivity contribution in [2.75, 3.05) is 0 Å². The third-order valence-corrected chi connectivity index (χ3v) is 8.35. The van der Waals surface area contributed by atoms with E-state index in [9.17, 15) is 8.42 Å². The summed E-state index contributed by atoms with van der Waals surface area (Å²) >= 11 is 0. The monoisotopic (exact) mass is 388 g/mol. The Morgan fingerprint density at radius 3 is 2.89 bits per heavy atom. The number of sulfonamides is 1. The van der Waals surface area contributed by atoms with E-state index in [0.717, 1.165) is 61.2 Å². The SMILES string of the molecule is CCC1C[C@@H](NS(=O)(=O)C2CCC2)C[C@H]1c1nnc2cnc3[nH]ccc3n12. The fourth-order valence-electron chi connectivity index (χ4n) is 4.64. The van der Waals surface area contributed by atoms with Crippen LogP contribution in [0.25, 0.3) is 16.8 Å². The van der Waals surface area contributed by atoms with Crippen LogP contribution in [0.4, 0.5) is 0 Å². The Bertz CT molecular complexity index is 1080. The van der Waals surface area contributed by atoms with E-state index in [-0.39, 0.29) is 17.2 Å². The molecule has 9 heteroatoms. The summed E-state index contributed by atoms with van der Waals surface area (Å²) in [4.78, 5) is 7.51. The van der Waals surface area contributed by atoms with Crippen LogP contribution < -0.4 is 4.72 Å². The van der Waals surface area contributed by atoms with Crippen molar-refractivity contribution in [2.45, 2.75) is 62.7 Å². The van der Waals surface area contributed by atoms with E-state index < -0.39 is 10.0 Å². The van der Waals surface area contributed by atoms with Crippen molar-refractivity contribution in [2.24, 2.45) is 5.92 Å². The van der Waals surface area contributed by atoms with E-state index in [4.69, 9.17) is 0 Å². The van der Waals surface area contributed by atoms with Crippen LogP contribution >= 0.6 is 0 Å². The normalized spacial score (nSPS) is 26.8. The fourth-order valence-corrected chi connectivity index (χ4v) is 6.44. The smallest absolute Gasteiger partial charge is 0.214 e. The van der Waals surface area contributed by atoms with Crippen molar-refractivity contribution in [3.8, 4) is 0 Å². The van der Waals surface area contributed by atoms with Crippen LogP contribution in [-0.4, -0.2) is 44.3 Å². The van der Waals surface area contributed by atoms with Crippen molar-refractivity contribution in [3.05, 3.63) is 24.3 Å². The van der Waals surface area contributed by atoms with Gasteiger partial charge in [0.1, 0.15) is 5.82 Å². The predicted molar refractivity (Wildman–Crippen MR) is 102 cm³/mol. The summed E-state index contributed by atoms with van der Waals surface area (Å²) in [5.41, 5.74) is 2.49. The van der Waals surface area contributed by atoms with Gasteiger partial charge in [0.05, 0.1) is 17.0 Å². The Morgan fingerprint density at radius 2 is 2.15 bits per heavy atom. The maximum absolute atomic E-state index is 12.6. The molecule has 0 spiro atoms. The first-order valence-corrected chi connectivity index (χ1v) is 11.3. The molecule has 2 aliphatic rings. The highest BCUT2D eigenvalue weighted by Crippen LogP contribution is 2.42. The molecule has 3 heterocycles. The van der Waals surface area contributed by atoms with Gasteiger partial charge in [0, 0.05) is 18.2 Å². The van der Waals surface area contributed by atoms with Crippen LogP contribution in [0.1, 0.15) is 57.2 Å². The molecule has 0 bridgehead atoms. The summed E-state index contributed by atoms with van der Waals surface area (Å²) in [6.07, 6.45) is 8.78. The van der Waals surface area contributed by atoms with Gasteiger partial charge in [-0.15, -0.1) is 10.2 Å². The molecule has 2 fully saturated rings. The van der Waals surface area contributed by atoms with Gasteiger partial charge >= 0.3 is 0 Å². The Balaban J connectivity index is 1.47. The highest BCUT2D eigenvalue weighted by Gasteiger charge is 2.41. The van der Waals surface area contributed by atoms with E-state index in [2.05, 4.69) is 36.2 Å². The third-order valence-electron chi connectivity index (χ3n) is 6.34. The van der Waals surface area contributed by atoms with Gasteiger partial charge in [-0.3, -0.25) is 4.40 Å². The molecule has 0 aliphatic heterocycles. The molecule has 0 aromatic carbocycles. The van der Waals surface area contributed by atoms with Crippen molar-refractivity contribution in [1.82, 2.24) is 29.3 Å². The zero-order valence-corrected chi connectivity index (χ0v) is 16.1. The highest BCUT2D eigenvalue weighted by molar-refractivity contribution is 7.90. The number of nitrogens with zero attached hydrogens (tertiary/aromatic N) is 4. The van der Waals surface area contributed by atoms with Gasteiger partial charge < -0.3 is 4.98 Å². The number of rotatable bonds is 5. The maximum Gasteiger partial charge on any atom is 0.214 e. The number of aromatic nitrogens is 5. The molecule has 3 atom stereocenters. The van der Waals surface area contributed by atoms with Crippen molar-refractivity contribution < 1.29 is 8.42 Å². The second-order valence-electron chi connectivity index (χ2n) is 7.88. The van der Waals surface area contributed by atoms with Crippen LogP contribution in [0, 0.1) is 5.92 Å². The summed E-state index contributed by atoms with van der Waals surface area (Å²) in [6, 6.07) is 1.95. The minimum absolute atomic E-state index is 0.0264. The van der Waals surface area contributed by atoms with E-state index in [0.29, 0.717) is 5.92 Å². The number of H-pyrrole nitrogens is 1. The maximum atomic E-state index is 12.6. The Kier molecular flexibility index (Phi) is 3.98. The highest BCUT2D eigenvalue weighted by atomic mass is 32.2. The number of fused-ring (bicyclic) bond motifs is 3. The molecule has 5 rings (SSSR count). The van der Waals surface area contributed by atoms with E-state index >= 15 is 0 Å². The summed E-state index contributed by atoms with van der Waals surface area (Å²) in [5, 5.41) is 8.59. The molecule has 0 saturated heterocycles. The summed E-state index contributed by atoms with van der Waals surface area (Å²) in [7, 11) is -3.21. The lowest BCUT2D eigenvalue weighted by Crippen LogP contribution is -2.42. The second kappa shape index (κ2) is 6.27. The van der Waals surface area contributed by atoms with Crippen molar-refractivity contribution in [1.29, 1.82) is 0 Å². The van der Waals surface area contributed by atoms with Gasteiger partial charge in [0.15, 0.2) is 11.3 Å². The third kappa shape index (κ3) is 2.75. The minimum Gasteiger partial charge on any atom is -0.345 e. The standard InChI is InChI=1S/C18H24N6O2S/c1-2-11-8-12(23-27(25,26)13-4-3-5-13)9-14(11)18-22-21-16-10-20-17-15(24(16)18)6-7-19-17/h6-7,10-14,19,23H,2-5,8-9H2,1H3/t11?,12-,14-/m1/s1. The lowest BCUT2D eigenvalue weighted by molar-refractivity contribution is 0.445. The van der Waals surface area contributed by atoms with Crippen molar-refractivity contribution in [3.63, 3.8) is 0 Å². The van der Waals surface area contributed by atoms with Gasteiger partial charge in [0.25, 0.3) is 0 Å². The van der Waals surface area contributed by atoms with Crippen LogP contribution in [0.15, 0.2) is 18.5 Å². The topological polar surface area (TPSA) is 105 Å². The summed E-state index contributed by atoms with van der Waals surface area (Å²) < 4.78 is 30.2. The Morgan fingerprint density at radius 1 is 1.30 bits per heavy atom. The molecule has 0 amide bonds. The average Bonchev–Trinajstić information content (AvgIpc) is 3.28. The number of aromatic amines is 1. The molecule has 2 saturated carbocycles. The van der Waals surface area contributed by atoms with Crippen LogP contribution in [0.5, 0.6) is 0 Å². The molecule has 8 nitrogen and oxygen atoms in total. The molecule has 3 aromatic rings. The second-order valence-corrected chi connectivity index (χ2v) is 9.87. The first-order valence-electron chi connectivity index (χ1n) is 9.75. The van der Waals surface area contributed by atoms with Crippen LogP contribution in [-0.2, 0) is 10.0 Å². The largest absolute Gasteiger partial charge is 0.345 e. The molecule has 2 aliphatic carbocycles. The zero-order valence-electron chi connectivity index (χ0n) is 15.3. The van der Waals surface area contributed by atoms with Gasteiger partial charge in [-0.25, -0.2) is 18.1 Å². The quantitative estimate of drug-likeness (QED) is 0.698. The summed E-state index contributed by atoms with van der Waals surface area (Å²) in [5.74, 6) is 1.47. The lowest BCUT2D eigenvalue weighted by atomic mass is 9.93. The molecule has 2 N–H and O–H groups in total. The van der Waals surface area contributed by atoms with Gasteiger partial charge in [-0.05, 0) is 37.7 Å². The molecule has 27 heavy (non-hydrogen) atoms. The molecule has 3 aromatic heterocycles. The molecular weight excluding hydrogens is 364 g/mol.